The van der Waals surface area contributed by atoms with Crippen molar-refractivity contribution in [3.05, 3.63) is 64.1 Å². The molecule has 1 fully saturated rings. The van der Waals surface area contributed by atoms with Crippen LogP contribution in [0.4, 0.5) is 0 Å². The van der Waals surface area contributed by atoms with Crippen LogP contribution in [0.1, 0.15) is 31.2 Å². The van der Waals surface area contributed by atoms with E-state index in [4.69, 9.17) is 27.9 Å². The van der Waals surface area contributed by atoms with Crippen molar-refractivity contribution < 1.29 is 4.74 Å². The summed E-state index contributed by atoms with van der Waals surface area (Å²) in [5.74, 6) is 1.57. The van der Waals surface area contributed by atoms with E-state index < -0.39 is 0 Å². The summed E-state index contributed by atoms with van der Waals surface area (Å²) in [5.41, 5.74) is 1.45. The van der Waals surface area contributed by atoms with Gasteiger partial charge in [-0.3, -0.25) is 0 Å². The van der Waals surface area contributed by atoms with E-state index in [1.165, 1.54) is 50.9 Å². The minimum absolute atomic E-state index is 0. The molecular weight excluding hydrogens is 401 g/mol. The Kier molecular flexibility index (Phi) is 9.78. The van der Waals surface area contributed by atoms with Crippen molar-refractivity contribution in [1.29, 1.82) is 0 Å². The second-order valence-electron chi connectivity index (χ2n) is 7.09. The number of hydrogen-bond donors (Lipinski definition) is 0. The maximum Gasteiger partial charge on any atom is 0.120 e. The Morgan fingerprint density at radius 2 is 1.70 bits per heavy atom. The molecule has 148 valence electrons. The highest BCUT2D eigenvalue weighted by Crippen LogP contribution is 2.27. The fourth-order valence-corrected chi connectivity index (χ4v) is 3.85. The summed E-state index contributed by atoms with van der Waals surface area (Å²) < 4.78 is 5.83. The van der Waals surface area contributed by atoms with E-state index in [9.17, 15) is 0 Å². The van der Waals surface area contributed by atoms with Crippen LogP contribution in [0.25, 0.3) is 0 Å². The van der Waals surface area contributed by atoms with E-state index in [-0.39, 0.29) is 12.4 Å². The maximum absolute atomic E-state index is 6.02. The minimum atomic E-state index is 0. The minimum Gasteiger partial charge on any atom is -0.494 e. The van der Waals surface area contributed by atoms with Crippen molar-refractivity contribution in [1.82, 2.24) is 4.90 Å². The van der Waals surface area contributed by atoms with Gasteiger partial charge in [0.05, 0.1) is 16.7 Å². The topological polar surface area (TPSA) is 12.5 Å². The Balaban J connectivity index is 0.00000261. The summed E-state index contributed by atoms with van der Waals surface area (Å²) in [6.07, 6.45) is 6.08. The fourth-order valence-electron chi connectivity index (χ4n) is 3.56. The maximum atomic E-state index is 6.02. The molecule has 0 N–H and O–H groups in total. The lowest BCUT2D eigenvalue weighted by Crippen LogP contribution is -2.35. The molecule has 0 unspecified atom stereocenters. The first-order chi connectivity index (χ1) is 12.7. The SMILES string of the molecule is Cl.Clc1ccc(OCCC2CCN(CCCc3ccccc3)CC2)cc1Cl. The van der Waals surface area contributed by atoms with Crippen molar-refractivity contribution >= 4 is 35.6 Å². The molecule has 0 spiro atoms. The molecule has 3 rings (SSSR count). The van der Waals surface area contributed by atoms with E-state index in [2.05, 4.69) is 35.2 Å². The van der Waals surface area contributed by atoms with Gasteiger partial charge < -0.3 is 9.64 Å². The summed E-state index contributed by atoms with van der Waals surface area (Å²) in [5, 5.41) is 1.12. The molecule has 0 atom stereocenters. The van der Waals surface area contributed by atoms with Gasteiger partial charge in [0.1, 0.15) is 5.75 Å². The lowest BCUT2D eigenvalue weighted by Gasteiger charge is -2.32. The first-order valence-corrected chi connectivity index (χ1v) is 10.3. The predicted octanol–water partition coefficient (Wildman–Crippen LogP) is 6.53. The van der Waals surface area contributed by atoms with Crippen LogP contribution in [0.3, 0.4) is 0 Å². The number of aryl methyl sites for hydroxylation is 1. The molecule has 1 heterocycles. The summed E-state index contributed by atoms with van der Waals surface area (Å²) >= 11 is 11.9. The Morgan fingerprint density at radius 3 is 2.41 bits per heavy atom. The average molecular weight is 429 g/mol. The number of rotatable bonds is 8. The van der Waals surface area contributed by atoms with Gasteiger partial charge in [-0.2, -0.15) is 0 Å². The van der Waals surface area contributed by atoms with Crippen LogP contribution in [0.5, 0.6) is 5.75 Å². The normalized spacial score (nSPS) is 15.3. The molecule has 0 bridgehead atoms. The van der Waals surface area contributed by atoms with Crippen LogP contribution in [-0.4, -0.2) is 31.1 Å². The molecule has 27 heavy (non-hydrogen) atoms. The first-order valence-electron chi connectivity index (χ1n) is 9.55. The Morgan fingerprint density at radius 1 is 0.963 bits per heavy atom. The highest BCUT2D eigenvalue weighted by molar-refractivity contribution is 6.42. The number of ether oxygens (including phenoxy) is 1. The number of likely N-dealkylation sites (tertiary alicyclic amines) is 1. The molecule has 2 aromatic carbocycles. The van der Waals surface area contributed by atoms with Gasteiger partial charge in [0.25, 0.3) is 0 Å². The van der Waals surface area contributed by atoms with E-state index >= 15 is 0 Å². The van der Waals surface area contributed by atoms with Gasteiger partial charge in [0.2, 0.25) is 0 Å². The van der Waals surface area contributed by atoms with Crippen molar-refractivity contribution in [3.8, 4) is 5.75 Å². The second kappa shape index (κ2) is 11.8. The molecule has 1 aliphatic heterocycles. The van der Waals surface area contributed by atoms with E-state index in [1.807, 2.05) is 6.07 Å². The standard InChI is InChI=1S/C22H27Cl2NO.ClH/c23-21-9-8-20(17-22(21)24)26-16-12-19-10-14-25(15-11-19)13-4-7-18-5-2-1-3-6-18;/h1-3,5-6,8-9,17,19H,4,7,10-16H2;1H. The Hall–Kier alpha value is -0.930. The van der Waals surface area contributed by atoms with Gasteiger partial charge in [-0.15, -0.1) is 12.4 Å². The summed E-state index contributed by atoms with van der Waals surface area (Å²) in [6.45, 7) is 4.39. The van der Waals surface area contributed by atoms with Gasteiger partial charge in [0.15, 0.2) is 0 Å². The molecule has 2 nitrogen and oxygen atoms in total. The molecular formula is C22H28Cl3NO. The second-order valence-corrected chi connectivity index (χ2v) is 7.90. The van der Waals surface area contributed by atoms with Crippen molar-refractivity contribution in [2.45, 2.75) is 32.1 Å². The largest absolute Gasteiger partial charge is 0.494 e. The Bertz CT molecular complexity index is 673. The monoisotopic (exact) mass is 427 g/mol. The third kappa shape index (κ3) is 7.54. The highest BCUT2D eigenvalue weighted by atomic mass is 35.5. The lowest BCUT2D eigenvalue weighted by molar-refractivity contribution is 0.162. The molecule has 0 amide bonds. The molecule has 1 aliphatic rings. The van der Waals surface area contributed by atoms with E-state index in [0.717, 1.165) is 24.7 Å². The molecule has 5 heteroatoms. The van der Waals surface area contributed by atoms with Crippen LogP contribution >= 0.6 is 35.6 Å². The predicted molar refractivity (Wildman–Crippen MR) is 118 cm³/mol. The van der Waals surface area contributed by atoms with E-state index in [1.54, 1.807) is 12.1 Å². The molecule has 0 aliphatic carbocycles. The fraction of sp³-hybridized carbons (Fsp3) is 0.455. The first kappa shape index (κ1) is 22.4. The molecule has 0 saturated carbocycles. The van der Waals surface area contributed by atoms with Crippen molar-refractivity contribution in [3.63, 3.8) is 0 Å². The smallest absolute Gasteiger partial charge is 0.120 e. The van der Waals surface area contributed by atoms with Crippen LogP contribution in [-0.2, 0) is 6.42 Å². The molecule has 2 aromatic rings. The Labute approximate surface area is 179 Å². The zero-order chi connectivity index (χ0) is 18.2. The third-order valence-electron chi connectivity index (χ3n) is 5.18. The molecule has 0 radical (unpaired) electrons. The number of benzene rings is 2. The summed E-state index contributed by atoms with van der Waals surface area (Å²) in [6, 6.07) is 16.2. The van der Waals surface area contributed by atoms with Crippen LogP contribution in [0.2, 0.25) is 10.0 Å². The van der Waals surface area contributed by atoms with Gasteiger partial charge in [0, 0.05) is 6.07 Å². The van der Waals surface area contributed by atoms with Gasteiger partial charge in [-0.25, -0.2) is 0 Å². The van der Waals surface area contributed by atoms with Crippen LogP contribution < -0.4 is 4.74 Å². The van der Waals surface area contributed by atoms with Crippen LogP contribution in [0.15, 0.2) is 48.5 Å². The van der Waals surface area contributed by atoms with Gasteiger partial charge >= 0.3 is 0 Å². The molecule has 0 aromatic heterocycles. The average Bonchev–Trinajstić information content (AvgIpc) is 2.67. The number of nitrogens with zero attached hydrogens (tertiary/aromatic N) is 1. The summed E-state index contributed by atoms with van der Waals surface area (Å²) in [4.78, 5) is 2.61. The zero-order valence-corrected chi connectivity index (χ0v) is 17.9. The number of piperidine rings is 1. The van der Waals surface area contributed by atoms with Gasteiger partial charge in [-0.05, 0) is 75.4 Å². The summed E-state index contributed by atoms with van der Waals surface area (Å²) in [7, 11) is 0. The zero-order valence-electron chi connectivity index (χ0n) is 15.6. The number of halogens is 3. The highest BCUT2D eigenvalue weighted by Gasteiger charge is 2.18. The van der Waals surface area contributed by atoms with Crippen LogP contribution in [0, 0.1) is 5.92 Å². The van der Waals surface area contributed by atoms with Crippen molar-refractivity contribution in [2.24, 2.45) is 5.92 Å². The van der Waals surface area contributed by atoms with Gasteiger partial charge in [-0.1, -0.05) is 53.5 Å². The lowest BCUT2D eigenvalue weighted by atomic mass is 9.94. The molecule has 1 saturated heterocycles. The van der Waals surface area contributed by atoms with Crippen molar-refractivity contribution in [2.75, 3.05) is 26.2 Å². The third-order valence-corrected chi connectivity index (χ3v) is 5.91. The quantitative estimate of drug-likeness (QED) is 0.474. The van der Waals surface area contributed by atoms with E-state index in [0.29, 0.717) is 10.0 Å². The number of hydrogen-bond acceptors (Lipinski definition) is 2.